The molecule has 0 bridgehead atoms. The molecule has 11 heteroatoms. The topological polar surface area (TPSA) is 98.7 Å². The summed E-state index contributed by atoms with van der Waals surface area (Å²) in [5.41, 5.74) is -0.785. The Hall–Kier alpha value is -2.30. The lowest BCUT2D eigenvalue weighted by molar-refractivity contribution is -0.167. The van der Waals surface area contributed by atoms with E-state index in [0.717, 1.165) is 0 Å². The second kappa shape index (κ2) is 9.46. The van der Waals surface area contributed by atoms with E-state index in [1.165, 1.54) is 23.1 Å². The van der Waals surface area contributed by atoms with Crippen molar-refractivity contribution in [1.29, 1.82) is 0 Å². The van der Waals surface area contributed by atoms with Crippen LogP contribution in [0.25, 0.3) is 0 Å². The molecule has 0 aliphatic carbocycles. The molecule has 0 spiro atoms. The van der Waals surface area contributed by atoms with Gasteiger partial charge in [-0.2, -0.15) is 13.2 Å². The maximum Gasteiger partial charge on any atom is 0.471 e. The number of amides is 3. The highest BCUT2D eigenvalue weighted by molar-refractivity contribution is 9.10. The molecule has 1 aliphatic heterocycles. The molecule has 1 fully saturated rings. The first-order valence-electron chi connectivity index (χ1n) is 9.67. The summed E-state index contributed by atoms with van der Waals surface area (Å²) in [6.07, 6.45) is -4.78. The monoisotopic (exact) mass is 507 g/mol. The molecule has 1 saturated heterocycles. The first-order valence-corrected chi connectivity index (χ1v) is 10.5. The molecule has 0 radical (unpaired) electrons. The van der Waals surface area contributed by atoms with Crippen LogP contribution in [0, 0.1) is 11.3 Å². The highest BCUT2D eigenvalue weighted by atomic mass is 79.9. The van der Waals surface area contributed by atoms with Crippen molar-refractivity contribution in [2.75, 3.05) is 18.4 Å². The molecular formula is C20H25BrF3N3O4. The van der Waals surface area contributed by atoms with Crippen LogP contribution < -0.4 is 10.6 Å². The number of anilines is 1. The van der Waals surface area contributed by atoms with Gasteiger partial charge in [0.2, 0.25) is 0 Å². The molecule has 31 heavy (non-hydrogen) atoms. The van der Waals surface area contributed by atoms with Crippen molar-refractivity contribution in [3.63, 3.8) is 0 Å². The van der Waals surface area contributed by atoms with E-state index in [1.807, 2.05) is 20.8 Å². The van der Waals surface area contributed by atoms with Gasteiger partial charge in [-0.1, -0.05) is 36.7 Å². The lowest BCUT2D eigenvalue weighted by Gasteiger charge is -2.46. The molecule has 1 aromatic carbocycles. The number of nitrogens with zero attached hydrogens (tertiary/aromatic N) is 1. The Morgan fingerprint density at radius 1 is 1.23 bits per heavy atom. The number of benzene rings is 1. The SMILES string of the molecule is CC(C)(C)C1[C@@H](CNC(=O)c2cc(Br)ccc2NC(=O)C(F)(F)F)CCCN1C(=O)O. The number of piperidine rings is 1. The van der Waals surface area contributed by atoms with Crippen LogP contribution in [-0.4, -0.2) is 53.2 Å². The lowest BCUT2D eigenvalue weighted by atomic mass is 9.74. The molecule has 0 aromatic heterocycles. The third-order valence-corrected chi connectivity index (χ3v) is 5.64. The van der Waals surface area contributed by atoms with E-state index < -0.39 is 24.1 Å². The second-order valence-corrected chi connectivity index (χ2v) is 9.46. The van der Waals surface area contributed by atoms with Crippen molar-refractivity contribution < 1.29 is 32.7 Å². The minimum absolute atomic E-state index is 0.134. The van der Waals surface area contributed by atoms with Gasteiger partial charge in [0, 0.05) is 23.6 Å². The normalized spacial score (nSPS) is 19.6. The second-order valence-electron chi connectivity index (χ2n) is 8.54. The zero-order valence-electron chi connectivity index (χ0n) is 17.3. The zero-order valence-corrected chi connectivity index (χ0v) is 18.9. The zero-order chi connectivity index (χ0) is 23.6. The molecular weight excluding hydrogens is 483 g/mol. The summed E-state index contributed by atoms with van der Waals surface area (Å²) in [4.78, 5) is 37.1. The molecule has 7 nitrogen and oxygen atoms in total. The van der Waals surface area contributed by atoms with Gasteiger partial charge in [0.05, 0.1) is 11.3 Å². The fourth-order valence-corrected chi connectivity index (χ4v) is 4.36. The van der Waals surface area contributed by atoms with Gasteiger partial charge in [0.25, 0.3) is 5.91 Å². The highest BCUT2D eigenvalue weighted by Gasteiger charge is 2.42. The average molecular weight is 508 g/mol. The molecule has 1 heterocycles. The van der Waals surface area contributed by atoms with Crippen LogP contribution in [0.2, 0.25) is 0 Å². The number of carbonyl (C=O) groups excluding carboxylic acids is 2. The summed E-state index contributed by atoms with van der Waals surface area (Å²) in [5, 5.41) is 14.0. The number of carbonyl (C=O) groups is 3. The van der Waals surface area contributed by atoms with Gasteiger partial charge in [0.1, 0.15) is 0 Å². The molecule has 1 unspecified atom stereocenters. The minimum atomic E-state index is -5.09. The Labute approximate surface area is 186 Å². The Balaban J connectivity index is 2.20. The number of hydrogen-bond donors (Lipinski definition) is 3. The quantitative estimate of drug-likeness (QED) is 0.559. The Morgan fingerprint density at radius 2 is 1.87 bits per heavy atom. The van der Waals surface area contributed by atoms with Gasteiger partial charge in [-0.05, 0) is 42.4 Å². The van der Waals surface area contributed by atoms with E-state index >= 15 is 0 Å². The Morgan fingerprint density at radius 3 is 2.42 bits per heavy atom. The van der Waals surface area contributed by atoms with Crippen molar-refractivity contribution in [2.45, 2.75) is 45.8 Å². The van der Waals surface area contributed by atoms with Crippen molar-refractivity contribution in [1.82, 2.24) is 10.2 Å². The molecule has 1 aromatic rings. The third-order valence-electron chi connectivity index (χ3n) is 5.15. The van der Waals surface area contributed by atoms with E-state index in [4.69, 9.17) is 0 Å². The van der Waals surface area contributed by atoms with Crippen molar-refractivity contribution in [2.24, 2.45) is 11.3 Å². The molecule has 2 rings (SSSR count). The van der Waals surface area contributed by atoms with Crippen molar-refractivity contribution in [3.8, 4) is 0 Å². The average Bonchev–Trinajstić information content (AvgIpc) is 2.65. The van der Waals surface area contributed by atoms with Crippen LogP contribution in [0.5, 0.6) is 0 Å². The standard InChI is InChI=1S/C20H25BrF3N3O4/c1-19(2,3)15-11(5-4-8-27(15)18(30)31)10-25-16(28)13-9-12(21)6-7-14(13)26-17(29)20(22,23)24/h6-7,9,11,15H,4-5,8,10H2,1-3H3,(H,25,28)(H,26,29)(H,30,31)/t11-,15?/m1/s1. The van der Waals surface area contributed by atoms with Crippen LogP contribution >= 0.6 is 15.9 Å². The number of rotatable bonds is 4. The molecule has 1 aliphatic rings. The van der Waals surface area contributed by atoms with E-state index in [1.54, 1.807) is 5.32 Å². The fourth-order valence-electron chi connectivity index (χ4n) is 4.00. The van der Waals surface area contributed by atoms with Gasteiger partial charge in [0.15, 0.2) is 0 Å². The highest BCUT2D eigenvalue weighted by Crippen LogP contribution is 2.36. The lowest BCUT2D eigenvalue weighted by Crippen LogP contribution is -2.56. The van der Waals surface area contributed by atoms with Crippen LogP contribution in [0.1, 0.15) is 44.0 Å². The summed E-state index contributed by atoms with van der Waals surface area (Å²) in [7, 11) is 0. The molecule has 3 N–H and O–H groups in total. The van der Waals surface area contributed by atoms with Gasteiger partial charge >= 0.3 is 18.2 Å². The summed E-state index contributed by atoms with van der Waals surface area (Å²) in [6, 6.07) is 3.58. The maximum atomic E-state index is 12.8. The van der Waals surface area contributed by atoms with Crippen LogP contribution in [0.15, 0.2) is 22.7 Å². The third kappa shape index (κ3) is 6.34. The van der Waals surface area contributed by atoms with Crippen LogP contribution in [0.4, 0.5) is 23.7 Å². The fraction of sp³-hybridized carbons (Fsp3) is 0.550. The number of alkyl halides is 3. The first-order chi connectivity index (χ1) is 14.2. The van der Waals surface area contributed by atoms with Crippen molar-refractivity contribution in [3.05, 3.63) is 28.2 Å². The van der Waals surface area contributed by atoms with Gasteiger partial charge in [-0.25, -0.2) is 4.79 Å². The molecule has 172 valence electrons. The molecule has 3 amide bonds. The largest absolute Gasteiger partial charge is 0.471 e. The van der Waals surface area contributed by atoms with E-state index in [-0.39, 0.29) is 35.2 Å². The van der Waals surface area contributed by atoms with Crippen LogP contribution in [0.3, 0.4) is 0 Å². The predicted molar refractivity (Wildman–Crippen MR) is 112 cm³/mol. The number of nitrogens with one attached hydrogen (secondary N) is 2. The number of likely N-dealkylation sites (tertiary alicyclic amines) is 1. The summed E-state index contributed by atoms with van der Waals surface area (Å²) in [6.45, 7) is 6.32. The van der Waals surface area contributed by atoms with E-state index in [9.17, 15) is 32.7 Å². The summed E-state index contributed by atoms with van der Waals surface area (Å²) >= 11 is 3.17. The number of carboxylic acid groups (broad SMARTS) is 1. The number of halogens is 4. The van der Waals surface area contributed by atoms with Gasteiger partial charge in [-0.3, -0.25) is 9.59 Å². The van der Waals surface area contributed by atoms with Gasteiger partial charge in [-0.15, -0.1) is 0 Å². The molecule has 0 saturated carbocycles. The summed E-state index contributed by atoms with van der Waals surface area (Å²) < 4.78 is 38.3. The minimum Gasteiger partial charge on any atom is -0.465 e. The van der Waals surface area contributed by atoms with Gasteiger partial charge < -0.3 is 20.6 Å². The van der Waals surface area contributed by atoms with E-state index in [0.29, 0.717) is 23.9 Å². The smallest absolute Gasteiger partial charge is 0.465 e. The molecule has 2 atom stereocenters. The Bertz CT molecular complexity index is 855. The predicted octanol–water partition coefficient (Wildman–Crippen LogP) is 4.48. The first kappa shape index (κ1) is 25.0. The summed E-state index contributed by atoms with van der Waals surface area (Å²) in [5.74, 6) is -3.02. The maximum absolute atomic E-state index is 12.8. The Kier molecular flexibility index (Phi) is 7.61. The van der Waals surface area contributed by atoms with E-state index in [2.05, 4.69) is 21.2 Å². The number of hydrogen-bond acceptors (Lipinski definition) is 3. The van der Waals surface area contributed by atoms with Crippen molar-refractivity contribution >= 4 is 39.5 Å². The van der Waals surface area contributed by atoms with Crippen LogP contribution in [-0.2, 0) is 4.79 Å².